The molecule has 6 nitrogen and oxygen atoms in total. The van der Waals surface area contributed by atoms with Crippen molar-refractivity contribution in [3.05, 3.63) is 40.7 Å². The van der Waals surface area contributed by atoms with Gasteiger partial charge in [0.25, 0.3) is 0 Å². The van der Waals surface area contributed by atoms with Gasteiger partial charge in [0, 0.05) is 17.2 Å². The van der Waals surface area contributed by atoms with E-state index in [4.69, 9.17) is 4.42 Å². The summed E-state index contributed by atoms with van der Waals surface area (Å²) in [5.74, 6) is 2.07. The van der Waals surface area contributed by atoms with Crippen molar-refractivity contribution in [2.24, 2.45) is 5.92 Å². The van der Waals surface area contributed by atoms with Crippen LogP contribution in [0.2, 0.25) is 0 Å². The summed E-state index contributed by atoms with van der Waals surface area (Å²) in [6.45, 7) is 5.61. The summed E-state index contributed by atoms with van der Waals surface area (Å²) < 4.78 is 6.52. The number of carbonyl (C=O) groups is 1. The number of hydrogen-bond acceptors (Lipinski definition) is 5. The molecule has 0 radical (unpaired) electrons. The Morgan fingerprint density at radius 1 is 1.42 bits per heavy atom. The molecular weight excluding hydrogens is 372 g/mol. The number of piperidine rings is 1. The third-order valence-electron chi connectivity index (χ3n) is 4.35. The van der Waals surface area contributed by atoms with E-state index in [0.717, 1.165) is 29.6 Å². The van der Waals surface area contributed by atoms with Gasteiger partial charge in [0.2, 0.25) is 11.8 Å². The van der Waals surface area contributed by atoms with Gasteiger partial charge in [0.1, 0.15) is 11.6 Å². The Hall–Kier alpha value is -1.73. The summed E-state index contributed by atoms with van der Waals surface area (Å²) >= 11 is 3.34. The Kier molecular flexibility index (Phi) is 5.30. The lowest BCUT2D eigenvalue weighted by Gasteiger charge is -2.34. The molecule has 1 N–H and O–H groups in total. The van der Waals surface area contributed by atoms with Gasteiger partial charge in [-0.2, -0.15) is 0 Å². The Labute approximate surface area is 149 Å². The van der Waals surface area contributed by atoms with Gasteiger partial charge in [-0.15, -0.1) is 0 Å². The first-order chi connectivity index (χ1) is 11.5. The number of carbonyl (C=O) groups excluding carboxylic acids is 1. The standard InChI is InChI=1S/C17H21BrN4O2/c1-11-8-20-17(24-11)12(2)22-7-3-4-13(10-22)16(23)21-15-6-5-14(18)9-19-15/h5-6,8-9,12-13H,3-4,7,10H2,1-2H3,(H,19,21,23)/t12-,13-/m0/s1. The monoisotopic (exact) mass is 392 g/mol. The second kappa shape index (κ2) is 7.44. The van der Waals surface area contributed by atoms with Gasteiger partial charge in [-0.3, -0.25) is 9.69 Å². The number of rotatable bonds is 4. The highest BCUT2D eigenvalue weighted by molar-refractivity contribution is 9.10. The Morgan fingerprint density at radius 2 is 2.25 bits per heavy atom. The van der Waals surface area contributed by atoms with Crippen molar-refractivity contribution >= 4 is 27.7 Å². The van der Waals surface area contributed by atoms with E-state index in [9.17, 15) is 4.79 Å². The fourth-order valence-electron chi connectivity index (χ4n) is 2.97. The molecule has 3 rings (SSSR count). The molecule has 0 unspecified atom stereocenters. The predicted molar refractivity (Wildman–Crippen MR) is 94.5 cm³/mol. The third-order valence-corrected chi connectivity index (χ3v) is 4.82. The molecule has 3 heterocycles. The molecule has 2 aromatic rings. The van der Waals surface area contributed by atoms with E-state index in [1.807, 2.05) is 13.0 Å². The number of anilines is 1. The van der Waals surface area contributed by atoms with Crippen LogP contribution >= 0.6 is 15.9 Å². The quantitative estimate of drug-likeness (QED) is 0.860. The topological polar surface area (TPSA) is 71.3 Å². The number of nitrogens with zero attached hydrogens (tertiary/aromatic N) is 3. The minimum absolute atomic E-state index is 0.0188. The molecule has 1 aliphatic heterocycles. The molecule has 2 atom stereocenters. The van der Waals surface area contributed by atoms with Crippen LogP contribution in [-0.2, 0) is 4.79 Å². The van der Waals surface area contributed by atoms with E-state index in [0.29, 0.717) is 18.3 Å². The number of oxazole rings is 1. The maximum Gasteiger partial charge on any atom is 0.229 e. The normalized spacial score (nSPS) is 19.9. The van der Waals surface area contributed by atoms with Crippen molar-refractivity contribution in [2.45, 2.75) is 32.7 Å². The molecule has 1 fully saturated rings. The first kappa shape index (κ1) is 17.1. The molecular formula is C17H21BrN4O2. The minimum atomic E-state index is -0.0531. The van der Waals surface area contributed by atoms with E-state index >= 15 is 0 Å². The number of hydrogen-bond donors (Lipinski definition) is 1. The van der Waals surface area contributed by atoms with Crippen LogP contribution in [0.15, 0.2) is 33.4 Å². The lowest BCUT2D eigenvalue weighted by molar-refractivity contribution is -0.121. The second-order valence-corrected chi connectivity index (χ2v) is 7.09. The van der Waals surface area contributed by atoms with Crippen LogP contribution in [-0.4, -0.2) is 33.9 Å². The fourth-order valence-corrected chi connectivity index (χ4v) is 3.21. The SMILES string of the molecule is Cc1cnc([C@H](C)N2CCC[C@H](C(=O)Nc3ccc(Br)cn3)C2)o1. The van der Waals surface area contributed by atoms with Crippen molar-refractivity contribution in [3.8, 4) is 0 Å². The van der Waals surface area contributed by atoms with Crippen LogP contribution in [0.3, 0.4) is 0 Å². The summed E-state index contributed by atoms with van der Waals surface area (Å²) in [6, 6.07) is 3.73. The molecule has 1 aliphatic rings. The lowest BCUT2D eigenvalue weighted by atomic mass is 9.96. The highest BCUT2D eigenvalue weighted by atomic mass is 79.9. The average molecular weight is 393 g/mol. The largest absolute Gasteiger partial charge is 0.444 e. The lowest BCUT2D eigenvalue weighted by Crippen LogP contribution is -2.42. The summed E-state index contributed by atoms with van der Waals surface area (Å²) in [5, 5.41) is 2.91. The molecule has 2 aromatic heterocycles. The first-order valence-corrected chi connectivity index (χ1v) is 8.91. The maximum absolute atomic E-state index is 12.5. The summed E-state index contributed by atoms with van der Waals surface area (Å²) in [5.41, 5.74) is 0. The van der Waals surface area contributed by atoms with E-state index in [1.54, 1.807) is 18.5 Å². The third kappa shape index (κ3) is 4.02. The number of pyridine rings is 1. The molecule has 128 valence electrons. The van der Waals surface area contributed by atoms with Crippen molar-refractivity contribution in [2.75, 3.05) is 18.4 Å². The van der Waals surface area contributed by atoms with Gasteiger partial charge in [0.15, 0.2) is 0 Å². The zero-order valence-corrected chi connectivity index (χ0v) is 15.4. The van der Waals surface area contributed by atoms with Gasteiger partial charge in [-0.1, -0.05) is 0 Å². The van der Waals surface area contributed by atoms with E-state index in [-0.39, 0.29) is 17.9 Å². The number of amides is 1. The van der Waals surface area contributed by atoms with Crippen LogP contribution in [0.25, 0.3) is 0 Å². The van der Waals surface area contributed by atoms with Crippen LogP contribution in [0.5, 0.6) is 0 Å². The Bertz CT molecular complexity index is 701. The smallest absolute Gasteiger partial charge is 0.229 e. The van der Waals surface area contributed by atoms with Crippen LogP contribution in [0.1, 0.15) is 37.5 Å². The molecule has 1 saturated heterocycles. The van der Waals surface area contributed by atoms with Gasteiger partial charge in [-0.05, 0) is 61.3 Å². The minimum Gasteiger partial charge on any atom is -0.444 e. The molecule has 7 heteroatoms. The molecule has 1 amide bonds. The number of aryl methyl sites for hydroxylation is 1. The number of likely N-dealkylation sites (tertiary alicyclic amines) is 1. The van der Waals surface area contributed by atoms with E-state index in [2.05, 4.69) is 43.0 Å². The molecule has 0 bridgehead atoms. The van der Waals surface area contributed by atoms with Crippen molar-refractivity contribution < 1.29 is 9.21 Å². The second-order valence-electron chi connectivity index (χ2n) is 6.17. The van der Waals surface area contributed by atoms with E-state index < -0.39 is 0 Å². The zero-order chi connectivity index (χ0) is 17.1. The fraction of sp³-hybridized carbons (Fsp3) is 0.471. The van der Waals surface area contributed by atoms with Crippen molar-refractivity contribution in [3.63, 3.8) is 0 Å². The number of halogens is 1. The molecule has 0 spiro atoms. The first-order valence-electron chi connectivity index (χ1n) is 8.11. The predicted octanol–water partition coefficient (Wildman–Crippen LogP) is 3.55. The van der Waals surface area contributed by atoms with Gasteiger partial charge in [0.05, 0.1) is 18.2 Å². The van der Waals surface area contributed by atoms with Crippen molar-refractivity contribution in [1.82, 2.24) is 14.9 Å². The molecule has 0 aliphatic carbocycles. The highest BCUT2D eigenvalue weighted by Crippen LogP contribution is 2.27. The maximum atomic E-state index is 12.5. The van der Waals surface area contributed by atoms with Gasteiger partial charge in [-0.25, -0.2) is 9.97 Å². The number of nitrogens with one attached hydrogen (secondary N) is 1. The highest BCUT2D eigenvalue weighted by Gasteiger charge is 2.30. The Morgan fingerprint density at radius 3 is 2.92 bits per heavy atom. The van der Waals surface area contributed by atoms with Crippen LogP contribution in [0.4, 0.5) is 5.82 Å². The molecule has 0 aromatic carbocycles. The van der Waals surface area contributed by atoms with E-state index in [1.165, 1.54) is 0 Å². The van der Waals surface area contributed by atoms with Crippen LogP contribution in [0, 0.1) is 12.8 Å². The molecule has 24 heavy (non-hydrogen) atoms. The zero-order valence-electron chi connectivity index (χ0n) is 13.8. The average Bonchev–Trinajstić information content (AvgIpc) is 3.03. The molecule has 0 saturated carbocycles. The summed E-state index contributed by atoms with van der Waals surface area (Å²) in [4.78, 5) is 23.3. The van der Waals surface area contributed by atoms with Gasteiger partial charge >= 0.3 is 0 Å². The summed E-state index contributed by atoms with van der Waals surface area (Å²) in [7, 11) is 0. The van der Waals surface area contributed by atoms with Crippen LogP contribution < -0.4 is 5.32 Å². The van der Waals surface area contributed by atoms with Gasteiger partial charge < -0.3 is 9.73 Å². The van der Waals surface area contributed by atoms with Crippen molar-refractivity contribution in [1.29, 1.82) is 0 Å². The summed E-state index contributed by atoms with van der Waals surface area (Å²) in [6.07, 6.45) is 5.28. The Balaban J connectivity index is 1.62. The number of aromatic nitrogens is 2.